The van der Waals surface area contributed by atoms with Crippen molar-refractivity contribution in [1.82, 2.24) is 4.72 Å². The number of benzene rings is 3. The number of sulfonamides is 1. The SMILES string of the molecule is CSc1ccc(S(=O)(=O)N[C@H](c2ccccc2)c2ccccc2C)cc1NC(C)=O. The quantitative estimate of drug-likeness (QED) is 0.520. The molecule has 0 aromatic heterocycles. The first-order valence-electron chi connectivity index (χ1n) is 9.40. The van der Waals surface area contributed by atoms with Gasteiger partial charge in [-0.05, 0) is 48.1 Å². The van der Waals surface area contributed by atoms with Crippen molar-refractivity contribution < 1.29 is 13.2 Å². The highest BCUT2D eigenvalue weighted by Crippen LogP contribution is 2.31. The van der Waals surface area contributed by atoms with E-state index < -0.39 is 16.1 Å². The van der Waals surface area contributed by atoms with Crippen LogP contribution in [0.5, 0.6) is 0 Å². The number of aryl methyl sites for hydroxylation is 1. The van der Waals surface area contributed by atoms with Gasteiger partial charge in [-0.3, -0.25) is 4.79 Å². The average Bonchev–Trinajstić information content (AvgIpc) is 2.73. The van der Waals surface area contributed by atoms with Crippen molar-refractivity contribution in [3.63, 3.8) is 0 Å². The summed E-state index contributed by atoms with van der Waals surface area (Å²) in [5.74, 6) is -0.255. The smallest absolute Gasteiger partial charge is 0.241 e. The molecule has 30 heavy (non-hydrogen) atoms. The lowest BCUT2D eigenvalue weighted by atomic mass is 9.96. The van der Waals surface area contributed by atoms with E-state index in [0.717, 1.165) is 21.6 Å². The molecule has 7 heteroatoms. The van der Waals surface area contributed by atoms with E-state index in [-0.39, 0.29) is 10.8 Å². The number of amides is 1. The molecule has 3 rings (SSSR count). The molecule has 0 fully saturated rings. The van der Waals surface area contributed by atoms with Crippen LogP contribution in [0.2, 0.25) is 0 Å². The molecule has 156 valence electrons. The Morgan fingerprint density at radius 3 is 2.27 bits per heavy atom. The molecule has 0 aliphatic heterocycles. The van der Waals surface area contributed by atoms with Crippen LogP contribution >= 0.6 is 11.8 Å². The number of thioether (sulfide) groups is 1. The number of carbonyl (C=O) groups is 1. The lowest BCUT2D eigenvalue weighted by Gasteiger charge is -2.22. The fourth-order valence-corrected chi connectivity index (χ4v) is 5.00. The van der Waals surface area contributed by atoms with Crippen LogP contribution in [0.25, 0.3) is 0 Å². The van der Waals surface area contributed by atoms with Crippen LogP contribution in [0.3, 0.4) is 0 Å². The van der Waals surface area contributed by atoms with Gasteiger partial charge in [-0.1, -0.05) is 54.6 Å². The molecule has 0 aliphatic rings. The van der Waals surface area contributed by atoms with E-state index in [1.54, 1.807) is 12.1 Å². The van der Waals surface area contributed by atoms with Gasteiger partial charge in [0.15, 0.2) is 0 Å². The van der Waals surface area contributed by atoms with E-state index in [4.69, 9.17) is 0 Å². The zero-order valence-corrected chi connectivity index (χ0v) is 18.7. The summed E-state index contributed by atoms with van der Waals surface area (Å²) in [5, 5.41) is 2.71. The van der Waals surface area contributed by atoms with Gasteiger partial charge in [0.25, 0.3) is 0 Å². The molecule has 0 saturated heterocycles. The molecule has 0 spiro atoms. The number of carbonyl (C=O) groups excluding carboxylic acids is 1. The van der Waals surface area contributed by atoms with Crippen LogP contribution < -0.4 is 10.0 Å². The van der Waals surface area contributed by atoms with Gasteiger partial charge in [-0.2, -0.15) is 4.72 Å². The molecule has 0 unspecified atom stereocenters. The molecule has 0 radical (unpaired) electrons. The van der Waals surface area contributed by atoms with Crippen LogP contribution in [0, 0.1) is 6.92 Å². The predicted octanol–water partition coefficient (Wildman–Crippen LogP) is 4.74. The van der Waals surface area contributed by atoms with Gasteiger partial charge < -0.3 is 5.32 Å². The highest BCUT2D eigenvalue weighted by Gasteiger charge is 2.24. The predicted molar refractivity (Wildman–Crippen MR) is 122 cm³/mol. The number of hydrogen-bond acceptors (Lipinski definition) is 4. The molecule has 1 atom stereocenters. The molecule has 0 saturated carbocycles. The van der Waals surface area contributed by atoms with Crippen LogP contribution in [0.1, 0.15) is 29.7 Å². The third-order valence-electron chi connectivity index (χ3n) is 4.70. The summed E-state index contributed by atoms with van der Waals surface area (Å²) in [5.41, 5.74) is 3.20. The summed E-state index contributed by atoms with van der Waals surface area (Å²) in [7, 11) is -3.87. The monoisotopic (exact) mass is 440 g/mol. The average molecular weight is 441 g/mol. The van der Waals surface area contributed by atoms with Gasteiger partial charge in [0, 0.05) is 11.8 Å². The van der Waals surface area contributed by atoms with E-state index in [2.05, 4.69) is 10.0 Å². The van der Waals surface area contributed by atoms with Gasteiger partial charge >= 0.3 is 0 Å². The normalized spacial score (nSPS) is 12.4. The summed E-state index contributed by atoms with van der Waals surface area (Å²) >= 11 is 1.44. The Bertz CT molecular complexity index is 1150. The van der Waals surface area contributed by atoms with E-state index in [9.17, 15) is 13.2 Å². The lowest BCUT2D eigenvalue weighted by molar-refractivity contribution is -0.114. The minimum Gasteiger partial charge on any atom is -0.325 e. The van der Waals surface area contributed by atoms with Crippen LogP contribution in [-0.2, 0) is 14.8 Å². The van der Waals surface area contributed by atoms with Crippen molar-refractivity contribution in [2.24, 2.45) is 0 Å². The maximum Gasteiger partial charge on any atom is 0.241 e. The summed E-state index contributed by atoms with van der Waals surface area (Å²) in [6.45, 7) is 3.36. The van der Waals surface area contributed by atoms with Gasteiger partial charge in [-0.25, -0.2) is 8.42 Å². The van der Waals surface area contributed by atoms with Gasteiger partial charge in [0.05, 0.1) is 16.6 Å². The molecule has 3 aromatic rings. The number of hydrogen-bond donors (Lipinski definition) is 2. The maximum absolute atomic E-state index is 13.3. The molecular weight excluding hydrogens is 416 g/mol. The Balaban J connectivity index is 2.04. The van der Waals surface area contributed by atoms with Crippen molar-refractivity contribution in [3.05, 3.63) is 89.5 Å². The molecule has 0 heterocycles. The van der Waals surface area contributed by atoms with Crippen molar-refractivity contribution >= 4 is 33.4 Å². The van der Waals surface area contributed by atoms with Gasteiger partial charge in [0.2, 0.25) is 15.9 Å². The summed E-state index contributed by atoms with van der Waals surface area (Å²) in [6.07, 6.45) is 1.87. The first-order chi connectivity index (χ1) is 14.3. The fourth-order valence-electron chi connectivity index (χ4n) is 3.23. The zero-order chi connectivity index (χ0) is 21.7. The minimum absolute atomic E-state index is 0.0959. The van der Waals surface area contributed by atoms with E-state index in [1.807, 2.05) is 67.8 Å². The fraction of sp³-hybridized carbons (Fsp3) is 0.174. The zero-order valence-electron chi connectivity index (χ0n) is 17.0. The Kier molecular flexibility index (Phi) is 6.97. The highest BCUT2D eigenvalue weighted by atomic mass is 32.2. The molecular formula is C23H24N2O3S2. The Morgan fingerprint density at radius 1 is 0.967 bits per heavy atom. The molecule has 3 aromatic carbocycles. The number of anilines is 1. The molecule has 1 amide bonds. The van der Waals surface area contributed by atoms with Crippen molar-refractivity contribution in [3.8, 4) is 0 Å². The largest absolute Gasteiger partial charge is 0.325 e. The van der Waals surface area contributed by atoms with Gasteiger partial charge in [0.1, 0.15) is 0 Å². The summed E-state index contributed by atoms with van der Waals surface area (Å²) in [4.78, 5) is 12.4. The summed E-state index contributed by atoms with van der Waals surface area (Å²) in [6, 6.07) is 21.4. The highest BCUT2D eigenvalue weighted by molar-refractivity contribution is 7.98. The van der Waals surface area contributed by atoms with Crippen molar-refractivity contribution in [1.29, 1.82) is 0 Å². The van der Waals surface area contributed by atoms with Gasteiger partial charge in [-0.15, -0.1) is 11.8 Å². The number of nitrogens with one attached hydrogen (secondary N) is 2. The first kappa shape index (κ1) is 22.1. The maximum atomic E-state index is 13.3. The van der Waals surface area contributed by atoms with Crippen molar-refractivity contribution in [2.75, 3.05) is 11.6 Å². The van der Waals surface area contributed by atoms with Crippen LogP contribution in [-0.4, -0.2) is 20.6 Å². The van der Waals surface area contributed by atoms with Crippen LogP contribution in [0.4, 0.5) is 5.69 Å². The van der Waals surface area contributed by atoms with E-state index >= 15 is 0 Å². The summed E-state index contributed by atoms with van der Waals surface area (Å²) < 4.78 is 29.5. The third kappa shape index (κ3) is 5.11. The second kappa shape index (κ2) is 9.47. The molecule has 0 bridgehead atoms. The molecule has 2 N–H and O–H groups in total. The van der Waals surface area contributed by atoms with Crippen LogP contribution in [0.15, 0.2) is 82.6 Å². The third-order valence-corrected chi connectivity index (χ3v) is 6.91. The standard InChI is InChI=1S/C23H24N2O3S2/c1-16-9-7-8-12-20(16)23(18-10-5-4-6-11-18)25-30(27,28)19-13-14-22(29-3)21(15-19)24-17(2)26/h4-15,23,25H,1-3H3,(H,24,26)/t23-/m1/s1. The Morgan fingerprint density at radius 2 is 1.63 bits per heavy atom. The first-order valence-corrected chi connectivity index (χ1v) is 12.1. The second-order valence-corrected chi connectivity index (χ2v) is 9.43. The topological polar surface area (TPSA) is 75.3 Å². The lowest BCUT2D eigenvalue weighted by Crippen LogP contribution is -2.30. The Labute approximate surface area is 182 Å². The number of rotatable bonds is 7. The second-order valence-electron chi connectivity index (χ2n) is 6.86. The van der Waals surface area contributed by atoms with Crippen molar-refractivity contribution in [2.45, 2.75) is 29.7 Å². The Hall–Kier alpha value is -2.61. The van der Waals surface area contributed by atoms with E-state index in [0.29, 0.717) is 5.69 Å². The molecule has 5 nitrogen and oxygen atoms in total. The van der Waals surface area contributed by atoms with E-state index in [1.165, 1.54) is 24.8 Å². The minimum atomic E-state index is -3.87. The molecule has 0 aliphatic carbocycles.